The number of hydrogen-bond donors (Lipinski definition) is 2. The SMILES string of the molecule is CN(CCO)C(C(=O)O)c1ccc(C(F)(F)F)cc1. The molecule has 1 unspecified atom stereocenters. The Kier molecular flexibility index (Phi) is 4.90. The monoisotopic (exact) mass is 277 g/mol. The van der Waals surface area contributed by atoms with E-state index in [2.05, 4.69) is 0 Å². The molecule has 0 aliphatic carbocycles. The topological polar surface area (TPSA) is 60.8 Å². The Morgan fingerprint density at radius 3 is 2.21 bits per heavy atom. The van der Waals surface area contributed by atoms with Gasteiger partial charge in [-0.2, -0.15) is 13.2 Å². The highest BCUT2D eigenvalue weighted by Gasteiger charge is 2.31. The smallest absolute Gasteiger partial charge is 0.416 e. The van der Waals surface area contributed by atoms with Gasteiger partial charge in [0.25, 0.3) is 0 Å². The van der Waals surface area contributed by atoms with Crippen LogP contribution in [0.15, 0.2) is 24.3 Å². The minimum atomic E-state index is -4.45. The van der Waals surface area contributed by atoms with Gasteiger partial charge in [-0.1, -0.05) is 12.1 Å². The lowest BCUT2D eigenvalue weighted by atomic mass is 10.0. The van der Waals surface area contributed by atoms with Crippen LogP contribution in [0, 0.1) is 0 Å². The van der Waals surface area contributed by atoms with Crippen molar-refractivity contribution in [2.45, 2.75) is 12.2 Å². The van der Waals surface area contributed by atoms with Crippen LogP contribution in [0.3, 0.4) is 0 Å². The molecular weight excluding hydrogens is 263 g/mol. The van der Waals surface area contributed by atoms with Gasteiger partial charge in [-0.3, -0.25) is 9.69 Å². The molecule has 0 fully saturated rings. The summed E-state index contributed by atoms with van der Waals surface area (Å²) in [5.74, 6) is -1.18. The van der Waals surface area contributed by atoms with Crippen LogP contribution in [0.2, 0.25) is 0 Å². The van der Waals surface area contributed by atoms with Crippen molar-refractivity contribution >= 4 is 5.97 Å². The number of alkyl halides is 3. The number of rotatable bonds is 5. The normalized spacial score (nSPS) is 13.6. The summed E-state index contributed by atoms with van der Waals surface area (Å²) in [6, 6.07) is 2.87. The number of carboxylic acid groups (broad SMARTS) is 1. The van der Waals surface area contributed by atoms with Gasteiger partial charge in [0.15, 0.2) is 0 Å². The highest BCUT2D eigenvalue weighted by Crippen LogP contribution is 2.30. The Balaban J connectivity index is 3.02. The largest absolute Gasteiger partial charge is 0.480 e. The second kappa shape index (κ2) is 6.03. The van der Waals surface area contributed by atoms with Gasteiger partial charge in [-0.15, -0.1) is 0 Å². The van der Waals surface area contributed by atoms with Crippen LogP contribution in [0.25, 0.3) is 0 Å². The van der Waals surface area contributed by atoms with Gasteiger partial charge in [-0.25, -0.2) is 0 Å². The molecule has 0 aliphatic rings. The lowest BCUT2D eigenvalue weighted by molar-refractivity contribution is -0.143. The summed E-state index contributed by atoms with van der Waals surface area (Å²) < 4.78 is 37.2. The Labute approximate surface area is 108 Å². The predicted octanol–water partition coefficient (Wildman–Crippen LogP) is 1.76. The molecule has 0 radical (unpaired) electrons. The van der Waals surface area contributed by atoms with E-state index in [4.69, 9.17) is 10.2 Å². The third-order valence-corrected chi connectivity index (χ3v) is 2.68. The molecule has 1 aromatic carbocycles. The number of aliphatic hydroxyl groups is 1. The van der Waals surface area contributed by atoms with Gasteiger partial charge >= 0.3 is 12.1 Å². The van der Waals surface area contributed by atoms with Crippen molar-refractivity contribution in [1.29, 1.82) is 0 Å². The van der Waals surface area contributed by atoms with Gasteiger partial charge in [0.1, 0.15) is 6.04 Å². The molecule has 7 heteroatoms. The number of aliphatic carboxylic acids is 1. The van der Waals surface area contributed by atoms with Crippen molar-refractivity contribution in [3.63, 3.8) is 0 Å². The van der Waals surface area contributed by atoms with Crippen molar-refractivity contribution in [2.75, 3.05) is 20.2 Å². The average molecular weight is 277 g/mol. The Morgan fingerprint density at radius 2 is 1.84 bits per heavy atom. The maximum atomic E-state index is 12.4. The fraction of sp³-hybridized carbons (Fsp3) is 0.417. The van der Waals surface area contributed by atoms with E-state index in [-0.39, 0.29) is 18.7 Å². The first kappa shape index (κ1) is 15.5. The van der Waals surface area contributed by atoms with Crippen LogP contribution in [0.4, 0.5) is 13.2 Å². The fourth-order valence-corrected chi connectivity index (χ4v) is 1.73. The standard InChI is InChI=1S/C12H14F3NO3/c1-16(6-7-17)10(11(18)19)8-2-4-9(5-3-8)12(13,14)15/h2-5,10,17H,6-7H2,1H3,(H,18,19). The minimum Gasteiger partial charge on any atom is -0.480 e. The number of halogens is 3. The van der Waals surface area contributed by atoms with Gasteiger partial charge in [0.05, 0.1) is 12.2 Å². The minimum absolute atomic E-state index is 0.109. The lowest BCUT2D eigenvalue weighted by Gasteiger charge is -2.24. The number of nitrogens with zero attached hydrogens (tertiary/aromatic N) is 1. The molecule has 106 valence electrons. The summed E-state index contributed by atoms with van der Waals surface area (Å²) in [5, 5.41) is 17.9. The van der Waals surface area contributed by atoms with E-state index < -0.39 is 23.8 Å². The summed E-state index contributed by atoms with van der Waals surface area (Å²) in [6.07, 6.45) is -4.45. The second-order valence-electron chi connectivity index (χ2n) is 4.06. The van der Waals surface area contributed by atoms with Crippen LogP contribution < -0.4 is 0 Å². The van der Waals surface area contributed by atoms with Gasteiger partial charge < -0.3 is 10.2 Å². The van der Waals surface area contributed by atoms with Crippen LogP contribution in [-0.4, -0.2) is 41.3 Å². The third kappa shape index (κ3) is 3.93. The number of hydrogen-bond acceptors (Lipinski definition) is 3. The first-order valence-electron chi connectivity index (χ1n) is 5.48. The van der Waals surface area contributed by atoms with Crippen molar-refractivity contribution < 1.29 is 28.2 Å². The van der Waals surface area contributed by atoms with E-state index in [1.54, 1.807) is 0 Å². The molecule has 1 rings (SSSR count). The zero-order valence-electron chi connectivity index (χ0n) is 10.2. The summed E-state index contributed by atoms with van der Waals surface area (Å²) >= 11 is 0. The van der Waals surface area contributed by atoms with E-state index in [0.717, 1.165) is 24.3 Å². The molecule has 0 aliphatic heterocycles. The first-order valence-corrected chi connectivity index (χ1v) is 5.48. The highest BCUT2D eigenvalue weighted by molar-refractivity contribution is 5.75. The summed E-state index contributed by atoms with van der Waals surface area (Å²) in [5.41, 5.74) is -0.596. The number of carbonyl (C=O) groups is 1. The van der Waals surface area contributed by atoms with Gasteiger partial charge in [-0.05, 0) is 24.7 Å². The molecule has 1 atom stereocenters. The third-order valence-electron chi connectivity index (χ3n) is 2.68. The molecule has 0 aromatic heterocycles. The Morgan fingerprint density at radius 1 is 1.32 bits per heavy atom. The number of likely N-dealkylation sites (N-methyl/N-ethyl adjacent to an activating group) is 1. The number of carboxylic acids is 1. The van der Waals surface area contributed by atoms with Crippen LogP contribution in [0.1, 0.15) is 17.2 Å². The molecule has 0 heterocycles. The molecule has 4 nitrogen and oxygen atoms in total. The van der Waals surface area contributed by atoms with E-state index in [9.17, 15) is 18.0 Å². The van der Waals surface area contributed by atoms with Gasteiger partial charge in [0.2, 0.25) is 0 Å². The number of benzene rings is 1. The maximum absolute atomic E-state index is 12.4. The first-order chi connectivity index (χ1) is 8.77. The average Bonchev–Trinajstić information content (AvgIpc) is 2.28. The number of aliphatic hydroxyl groups excluding tert-OH is 1. The summed E-state index contributed by atoms with van der Waals surface area (Å²) in [4.78, 5) is 12.5. The molecule has 0 amide bonds. The highest BCUT2D eigenvalue weighted by atomic mass is 19.4. The summed E-state index contributed by atoms with van der Waals surface area (Å²) in [7, 11) is 1.48. The summed E-state index contributed by atoms with van der Waals surface area (Å²) in [6.45, 7) is -0.126. The van der Waals surface area contributed by atoms with E-state index in [1.165, 1.54) is 11.9 Å². The lowest BCUT2D eigenvalue weighted by Crippen LogP contribution is -2.33. The van der Waals surface area contributed by atoms with E-state index in [1.807, 2.05) is 0 Å². The molecule has 0 bridgehead atoms. The van der Waals surface area contributed by atoms with Crippen LogP contribution in [-0.2, 0) is 11.0 Å². The molecule has 1 aromatic rings. The zero-order valence-corrected chi connectivity index (χ0v) is 10.2. The Bertz CT molecular complexity index is 431. The van der Waals surface area contributed by atoms with Crippen LogP contribution in [0.5, 0.6) is 0 Å². The molecule has 0 saturated heterocycles. The van der Waals surface area contributed by atoms with Crippen molar-refractivity contribution in [3.8, 4) is 0 Å². The second-order valence-corrected chi connectivity index (χ2v) is 4.06. The molecule has 0 saturated carbocycles. The quantitative estimate of drug-likeness (QED) is 0.861. The van der Waals surface area contributed by atoms with Crippen molar-refractivity contribution in [3.05, 3.63) is 35.4 Å². The fourth-order valence-electron chi connectivity index (χ4n) is 1.73. The zero-order chi connectivity index (χ0) is 14.6. The van der Waals surface area contributed by atoms with Crippen molar-refractivity contribution in [2.24, 2.45) is 0 Å². The van der Waals surface area contributed by atoms with Crippen LogP contribution >= 0.6 is 0 Å². The van der Waals surface area contributed by atoms with Gasteiger partial charge in [0, 0.05) is 6.54 Å². The molecule has 0 spiro atoms. The molecule has 2 N–H and O–H groups in total. The Hall–Kier alpha value is -1.60. The molecular formula is C12H14F3NO3. The van der Waals surface area contributed by atoms with E-state index in [0.29, 0.717) is 0 Å². The maximum Gasteiger partial charge on any atom is 0.416 e. The van der Waals surface area contributed by atoms with Crippen molar-refractivity contribution in [1.82, 2.24) is 4.90 Å². The predicted molar refractivity (Wildman–Crippen MR) is 61.5 cm³/mol. The molecule has 19 heavy (non-hydrogen) atoms. The van der Waals surface area contributed by atoms with E-state index >= 15 is 0 Å².